The maximum absolute atomic E-state index is 12.7. The molecule has 0 unspecified atom stereocenters. The topological polar surface area (TPSA) is 40.5 Å². The van der Waals surface area contributed by atoms with Crippen molar-refractivity contribution in [1.29, 1.82) is 0 Å². The highest BCUT2D eigenvalue weighted by Crippen LogP contribution is 2.36. The van der Waals surface area contributed by atoms with Gasteiger partial charge in [0.05, 0.1) is 22.2 Å². The molecule has 0 aliphatic carbocycles. The molecular weight excluding hydrogens is 486 g/mol. The van der Waals surface area contributed by atoms with Crippen LogP contribution in [0.3, 0.4) is 0 Å². The Morgan fingerprint density at radius 3 is 2.61 bits per heavy atom. The van der Waals surface area contributed by atoms with Crippen molar-refractivity contribution in [3.05, 3.63) is 63.8 Å². The molecule has 1 aromatic heterocycles. The fourth-order valence-corrected chi connectivity index (χ4v) is 4.02. The maximum atomic E-state index is 12.7. The normalized spacial score (nSPS) is 11.0. The van der Waals surface area contributed by atoms with Gasteiger partial charge in [-0.3, -0.25) is 0 Å². The lowest BCUT2D eigenvalue weighted by Gasteiger charge is -2.09. The number of benzene rings is 2. The first-order chi connectivity index (χ1) is 13.6. The van der Waals surface area contributed by atoms with Crippen molar-refractivity contribution in [3.8, 4) is 5.75 Å². The second-order valence-corrected chi connectivity index (χ2v) is 8.12. The molecule has 1 heterocycles. The van der Waals surface area contributed by atoms with Gasteiger partial charge in [-0.2, -0.15) is 0 Å². The number of esters is 1. The summed E-state index contributed by atoms with van der Waals surface area (Å²) >= 11 is 7.10. The van der Waals surface area contributed by atoms with Gasteiger partial charge in [0.15, 0.2) is 0 Å². The van der Waals surface area contributed by atoms with Gasteiger partial charge in [-0.15, -0.1) is 0 Å². The van der Waals surface area contributed by atoms with Crippen LogP contribution in [0.4, 0.5) is 0 Å². The molecule has 0 saturated carbocycles. The van der Waals surface area contributed by atoms with Crippen molar-refractivity contribution in [2.75, 3.05) is 11.9 Å². The fourth-order valence-electron chi connectivity index (χ4n) is 3.29. The van der Waals surface area contributed by atoms with Crippen LogP contribution < -0.4 is 4.74 Å². The molecule has 3 rings (SSSR count). The molecular formula is C22H23Br2NO3. The monoisotopic (exact) mass is 507 g/mol. The number of carbonyl (C=O) groups excluding carboxylic acids is 1. The zero-order valence-electron chi connectivity index (χ0n) is 16.0. The molecule has 3 aromatic rings. The van der Waals surface area contributed by atoms with Gasteiger partial charge in [-0.1, -0.05) is 46.3 Å². The molecule has 0 radical (unpaired) electrons. The molecule has 28 heavy (non-hydrogen) atoms. The number of aromatic nitrogens is 1. The Bertz CT molecular complexity index is 967. The van der Waals surface area contributed by atoms with Gasteiger partial charge in [0.25, 0.3) is 0 Å². The smallest absolute Gasteiger partial charge is 0.340 e. The number of rotatable bonds is 8. The highest BCUT2D eigenvalue weighted by molar-refractivity contribution is 9.10. The minimum Gasteiger partial charge on any atom is -0.488 e. The molecule has 4 nitrogen and oxygen atoms in total. The Hall–Kier alpha value is -1.79. The Kier molecular flexibility index (Phi) is 7.18. The number of hydrogen-bond donors (Lipinski definition) is 0. The number of carbonyl (C=O) groups is 1. The average molecular weight is 509 g/mol. The largest absolute Gasteiger partial charge is 0.488 e. The number of fused-ring (bicyclic) bond motifs is 1. The second-order valence-electron chi connectivity index (χ2n) is 6.47. The number of nitrogens with zero attached hydrogens (tertiary/aromatic N) is 1. The van der Waals surface area contributed by atoms with Gasteiger partial charge in [-0.25, -0.2) is 4.79 Å². The van der Waals surface area contributed by atoms with E-state index < -0.39 is 0 Å². The van der Waals surface area contributed by atoms with Crippen LogP contribution in [0, 0.1) is 0 Å². The van der Waals surface area contributed by atoms with E-state index in [0.717, 1.165) is 44.8 Å². The number of halogens is 2. The van der Waals surface area contributed by atoms with Gasteiger partial charge in [0, 0.05) is 23.5 Å². The highest BCUT2D eigenvalue weighted by Gasteiger charge is 2.23. The van der Waals surface area contributed by atoms with E-state index in [9.17, 15) is 4.79 Å². The third-order valence-electron chi connectivity index (χ3n) is 4.64. The summed E-state index contributed by atoms with van der Waals surface area (Å²) in [6, 6.07) is 14.0. The highest BCUT2D eigenvalue weighted by atomic mass is 79.9. The molecule has 2 aromatic carbocycles. The van der Waals surface area contributed by atoms with Crippen LogP contribution in [-0.2, 0) is 24.8 Å². The van der Waals surface area contributed by atoms with Crippen molar-refractivity contribution in [2.24, 2.45) is 7.05 Å². The van der Waals surface area contributed by atoms with Gasteiger partial charge in [0.1, 0.15) is 12.4 Å². The third kappa shape index (κ3) is 4.44. The molecule has 0 saturated heterocycles. The molecule has 0 amide bonds. The van der Waals surface area contributed by atoms with Crippen molar-refractivity contribution in [3.63, 3.8) is 0 Å². The summed E-state index contributed by atoms with van der Waals surface area (Å²) in [5.74, 6) is 0.425. The van der Waals surface area contributed by atoms with Gasteiger partial charge in [-0.05, 0) is 53.4 Å². The van der Waals surface area contributed by atoms with E-state index in [4.69, 9.17) is 9.47 Å². The van der Waals surface area contributed by atoms with Crippen LogP contribution in [0.15, 0.2) is 46.9 Å². The first-order valence-corrected chi connectivity index (χ1v) is 11.2. The predicted octanol–water partition coefficient (Wildman–Crippen LogP) is 6.02. The lowest BCUT2D eigenvalue weighted by Crippen LogP contribution is -2.09. The van der Waals surface area contributed by atoms with Crippen LogP contribution >= 0.6 is 31.9 Å². The van der Waals surface area contributed by atoms with Gasteiger partial charge >= 0.3 is 5.97 Å². The Labute approximate surface area is 182 Å². The summed E-state index contributed by atoms with van der Waals surface area (Å²) in [6.07, 6.45) is 1.73. The summed E-state index contributed by atoms with van der Waals surface area (Å²) in [5, 5.41) is 1.74. The summed E-state index contributed by atoms with van der Waals surface area (Å²) < 4.78 is 14.3. The Balaban J connectivity index is 2.04. The average Bonchev–Trinajstić information content (AvgIpc) is 2.96. The third-order valence-corrected chi connectivity index (χ3v) is 5.82. The van der Waals surface area contributed by atoms with Gasteiger partial charge < -0.3 is 14.0 Å². The fraction of sp³-hybridized carbons (Fsp3) is 0.318. The minimum absolute atomic E-state index is 0.283. The minimum atomic E-state index is -0.283. The molecule has 0 bridgehead atoms. The number of hydrogen-bond acceptors (Lipinski definition) is 3. The van der Waals surface area contributed by atoms with Crippen molar-refractivity contribution >= 4 is 48.7 Å². The number of alkyl halides is 1. The molecule has 0 fully saturated rings. The summed E-state index contributed by atoms with van der Waals surface area (Å²) in [5.41, 5.74) is 3.69. The summed E-state index contributed by atoms with van der Waals surface area (Å²) in [6.45, 7) is 2.64. The number of ether oxygens (including phenoxy) is 2. The van der Waals surface area contributed by atoms with Crippen molar-refractivity contribution in [2.45, 2.75) is 26.4 Å². The predicted molar refractivity (Wildman–Crippen MR) is 119 cm³/mol. The zero-order valence-corrected chi connectivity index (χ0v) is 19.2. The molecule has 0 N–H and O–H groups in total. The van der Waals surface area contributed by atoms with E-state index in [2.05, 4.69) is 36.4 Å². The first-order valence-electron chi connectivity index (χ1n) is 9.27. The molecule has 0 spiro atoms. The molecule has 6 heteroatoms. The summed E-state index contributed by atoms with van der Waals surface area (Å²) in [4.78, 5) is 12.7. The van der Waals surface area contributed by atoms with Gasteiger partial charge in [0.2, 0.25) is 0 Å². The van der Waals surface area contributed by atoms with Crippen LogP contribution in [-0.4, -0.2) is 22.5 Å². The standard InChI is InChI=1S/C22H23Br2NO3/c1-3-27-22(26)21-16-12-20(28-14-15-8-5-4-6-9-15)17(24)13-19(16)25(2)18(21)10-7-11-23/h4-6,8-9,12-13H,3,7,10-11,14H2,1-2H3. The Morgan fingerprint density at radius 1 is 1.18 bits per heavy atom. The number of aryl methyl sites for hydroxylation is 1. The first kappa shape index (κ1) is 20.9. The van der Waals surface area contributed by atoms with Crippen molar-refractivity contribution < 1.29 is 14.3 Å². The van der Waals surface area contributed by atoms with Crippen LogP contribution in [0.2, 0.25) is 0 Å². The van der Waals surface area contributed by atoms with E-state index in [-0.39, 0.29) is 5.97 Å². The van der Waals surface area contributed by atoms with E-state index in [1.54, 1.807) is 0 Å². The SMILES string of the molecule is CCOC(=O)c1c(CCCBr)n(C)c2cc(Br)c(OCc3ccccc3)cc12. The second kappa shape index (κ2) is 9.61. The lowest BCUT2D eigenvalue weighted by molar-refractivity contribution is 0.0527. The maximum Gasteiger partial charge on any atom is 0.340 e. The van der Waals surface area contributed by atoms with E-state index >= 15 is 0 Å². The molecule has 148 valence electrons. The van der Waals surface area contributed by atoms with Crippen LogP contribution in [0.25, 0.3) is 10.9 Å². The zero-order chi connectivity index (χ0) is 20.1. The molecule has 0 aliphatic heterocycles. The molecule has 0 atom stereocenters. The van der Waals surface area contributed by atoms with Crippen LogP contribution in [0.1, 0.15) is 35.0 Å². The van der Waals surface area contributed by atoms with E-state index in [1.807, 2.05) is 56.4 Å². The Morgan fingerprint density at radius 2 is 1.93 bits per heavy atom. The lowest BCUT2D eigenvalue weighted by atomic mass is 10.1. The van der Waals surface area contributed by atoms with E-state index in [0.29, 0.717) is 24.5 Å². The van der Waals surface area contributed by atoms with Crippen LogP contribution in [0.5, 0.6) is 5.75 Å². The molecule has 0 aliphatic rings. The summed E-state index contributed by atoms with van der Waals surface area (Å²) in [7, 11) is 1.99. The van der Waals surface area contributed by atoms with Crippen molar-refractivity contribution in [1.82, 2.24) is 4.57 Å². The van der Waals surface area contributed by atoms with E-state index in [1.165, 1.54) is 0 Å². The quantitative estimate of drug-likeness (QED) is 0.276.